The molecule has 1 nitrogen and oxygen atoms in total. The van der Waals surface area contributed by atoms with Gasteiger partial charge in [0.15, 0.2) is 0 Å². The van der Waals surface area contributed by atoms with Crippen molar-refractivity contribution < 1.29 is 35.6 Å². The topological polar surface area (TPSA) is 4.93 Å². The van der Waals surface area contributed by atoms with Gasteiger partial charge in [0, 0.05) is 11.1 Å². The molecule has 5 rings (SSSR count). The van der Waals surface area contributed by atoms with Crippen LogP contribution in [0, 0.1) is 27.7 Å². The number of hydrogen-bond acceptors (Lipinski definition) is 0. The van der Waals surface area contributed by atoms with Crippen LogP contribution in [-0.2, 0) is 26.2 Å². The molecule has 0 aliphatic carbocycles. The van der Waals surface area contributed by atoms with E-state index >= 15 is 0 Å². The maximum absolute atomic E-state index is 2.37. The fraction of sp³-hybridized carbons (Fsp3) is 0.154. The zero-order chi connectivity index (χ0) is 19.0. The maximum Gasteiger partial charge on any atom is 4.00 e. The van der Waals surface area contributed by atoms with E-state index in [0.717, 1.165) is 0 Å². The molecule has 0 atom stereocenters. The van der Waals surface area contributed by atoms with Crippen molar-refractivity contribution in [1.29, 1.82) is 0 Å². The van der Waals surface area contributed by atoms with Crippen LogP contribution in [0.3, 0.4) is 0 Å². The predicted octanol–water partition coefficient (Wildman–Crippen LogP) is 1.15. The number of fused-ring (bicyclic) bond motifs is 2. The molecule has 152 valence electrons. The van der Waals surface area contributed by atoms with E-state index in [1.54, 1.807) is 0 Å². The van der Waals surface area contributed by atoms with Gasteiger partial charge in [-0.25, -0.2) is 12.1 Å². The number of aryl methyl sites for hydroxylation is 3. The van der Waals surface area contributed by atoms with Gasteiger partial charge in [0.05, 0.1) is 5.52 Å². The largest absolute Gasteiger partial charge is 4.00 e. The monoisotopic (exact) mass is 479 g/mol. The molecular weight excluding hydrogens is 456 g/mol. The van der Waals surface area contributed by atoms with Crippen LogP contribution in [0.15, 0.2) is 78.9 Å². The number of para-hydroxylation sites is 1. The van der Waals surface area contributed by atoms with Gasteiger partial charge in [-0.15, -0.1) is 41.1 Å². The smallest absolute Gasteiger partial charge is 1.00 e. The molecule has 0 unspecified atom stereocenters. The van der Waals surface area contributed by atoms with E-state index in [1.165, 1.54) is 49.7 Å². The van der Waals surface area contributed by atoms with Crippen LogP contribution >= 0.6 is 0 Å². The Labute approximate surface area is 195 Å². The predicted molar refractivity (Wildman–Crippen MR) is 117 cm³/mol. The molecule has 5 aromatic rings. The first-order valence-electron chi connectivity index (χ1n) is 9.47. The van der Waals surface area contributed by atoms with Crippen LogP contribution in [0.4, 0.5) is 0 Å². The van der Waals surface area contributed by atoms with Crippen LogP contribution in [0.1, 0.15) is 22.4 Å². The first-order valence-corrected chi connectivity index (χ1v) is 9.47. The minimum Gasteiger partial charge on any atom is -1.00 e. The summed E-state index contributed by atoms with van der Waals surface area (Å²) in [6.07, 6.45) is 0. The Balaban J connectivity index is 0.000000391. The molecule has 0 spiro atoms. The van der Waals surface area contributed by atoms with Crippen molar-refractivity contribution in [3.8, 4) is 5.69 Å². The Kier molecular flexibility index (Phi) is 9.12. The zero-order valence-electron chi connectivity index (χ0n) is 17.7. The third-order valence-corrected chi connectivity index (χ3v) is 5.60. The first-order chi connectivity index (χ1) is 13.1. The molecule has 1 aromatic heterocycles. The quantitative estimate of drug-likeness (QED) is 0.317. The van der Waals surface area contributed by atoms with E-state index in [4.69, 9.17) is 0 Å². The van der Waals surface area contributed by atoms with Gasteiger partial charge in [0.25, 0.3) is 0 Å². The average molecular weight is 481 g/mol. The van der Waals surface area contributed by atoms with Crippen LogP contribution in [0.5, 0.6) is 0 Å². The number of halogens is 2. The van der Waals surface area contributed by atoms with Crippen LogP contribution in [0.2, 0.25) is 0 Å². The normalized spacial score (nSPS) is 9.87. The van der Waals surface area contributed by atoms with Crippen molar-refractivity contribution in [2.24, 2.45) is 0 Å². The van der Waals surface area contributed by atoms with Crippen molar-refractivity contribution in [3.63, 3.8) is 0 Å². The summed E-state index contributed by atoms with van der Waals surface area (Å²) in [6.45, 7) is 8.65. The number of benzene rings is 2. The Bertz CT molecular complexity index is 1180. The molecule has 0 radical (unpaired) electrons. The number of aromatic nitrogens is 1. The van der Waals surface area contributed by atoms with E-state index in [9.17, 15) is 0 Å². The van der Waals surface area contributed by atoms with Crippen molar-refractivity contribution in [2.45, 2.75) is 27.7 Å². The number of nitrogens with zero attached hydrogens (tertiary/aromatic N) is 1. The van der Waals surface area contributed by atoms with E-state index in [2.05, 4.69) is 111 Å². The Morgan fingerprint density at radius 3 is 2.10 bits per heavy atom. The Morgan fingerprint density at radius 2 is 1.50 bits per heavy atom. The van der Waals surface area contributed by atoms with Gasteiger partial charge in [-0.1, -0.05) is 38.1 Å². The average Bonchev–Trinajstić information content (AvgIpc) is 3.34. The molecule has 0 bridgehead atoms. The third-order valence-electron chi connectivity index (χ3n) is 5.60. The standard InChI is InChI=1S/C19H16N.C7H9.2FH.Zr/c1-13-14(2)20(19-10-6-5-9-18(13)19)17-11-15-7-3-4-8-16(15)12-17;1-6-4-3-5-7(6)2;;;/h3-12H,1-2H3;3-5H,1-2H3;2*1H;/q2*-1;;;+4/p-2. The first kappa shape index (κ1) is 25.7. The van der Waals surface area contributed by atoms with E-state index < -0.39 is 0 Å². The molecule has 0 fully saturated rings. The molecule has 30 heavy (non-hydrogen) atoms. The van der Waals surface area contributed by atoms with Crippen molar-refractivity contribution in [2.75, 3.05) is 0 Å². The van der Waals surface area contributed by atoms with Gasteiger partial charge in [0.2, 0.25) is 0 Å². The second-order valence-corrected chi connectivity index (χ2v) is 7.30. The molecule has 0 saturated heterocycles. The van der Waals surface area contributed by atoms with Crippen molar-refractivity contribution >= 4 is 21.7 Å². The summed E-state index contributed by atoms with van der Waals surface area (Å²) in [7, 11) is 0. The molecular formula is C26H25F2NZr. The number of hydrogen-bond donors (Lipinski definition) is 0. The molecule has 0 aliphatic heterocycles. The Morgan fingerprint density at radius 1 is 0.833 bits per heavy atom. The molecule has 4 aromatic carbocycles. The summed E-state index contributed by atoms with van der Waals surface area (Å²) in [5, 5.41) is 3.95. The summed E-state index contributed by atoms with van der Waals surface area (Å²) < 4.78 is 2.37. The van der Waals surface area contributed by atoms with Gasteiger partial charge in [-0.3, -0.25) is 0 Å². The minimum absolute atomic E-state index is 0. The fourth-order valence-corrected chi connectivity index (χ4v) is 3.72. The third kappa shape index (κ3) is 4.70. The van der Waals surface area contributed by atoms with Crippen LogP contribution in [-0.4, -0.2) is 4.57 Å². The maximum atomic E-state index is 2.37. The minimum atomic E-state index is 0. The second kappa shape index (κ2) is 10.6. The van der Waals surface area contributed by atoms with Crippen molar-refractivity contribution in [3.05, 3.63) is 101 Å². The fourth-order valence-electron chi connectivity index (χ4n) is 3.72. The second-order valence-electron chi connectivity index (χ2n) is 7.30. The van der Waals surface area contributed by atoms with Crippen LogP contribution < -0.4 is 9.41 Å². The molecule has 0 amide bonds. The van der Waals surface area contributed by atoms with Gasteiger partial charge in [-0.2, -0.15) is 17.2 Å². The summed E-state index contributed by atoms with van der Waals surface area (Å²) in [4.78, 5) is 0. The summed E-state index contributed by atoms with van der Waals surface area (Å²) in [5.74, 6) is 0. The zero-order valence-corrected chi connectivity index (χ0v) is 20.2. The van der Waals surface area contributed by atoms with E-state index in [-0.39, 0.29) is 35.6 Å². The van der Waals surface area contributed by atoms with Gasteiger partial charge >= 0.3 is 26.2 Å². The van der Waals surface area contributed by atoms with Gasteiger partial charge in [-0.05, 0) is 31.2 Å². The molecule has 0 N–H and O–H groups in total. The summed E-state index contributed by atoms with van der Waals surface area (Å²) >= 11 is 0. The Hall–Kier alpha value is -2.32. The van der Waals surface area contributed by atoms with E-state index in [1.807, 2.05) is 0 Å². The summed E-state index contributed by atoms with van der Waals surface area (Å²) in [6, 6.07) is 28.0. The molecule has 4 heteroatoms. The molecule has 1 heterocycles. The van der Waals surface area contributed by atoms with Gasteiger partial charge in [0.1, 0.15) is 0 Å². The molecule has 0 aliphatic rings. The van der Waals surface area contributed by atoms with Crippen LogP contribution in [0.25, 0.3) is 27.4 Å². The number of rotatable bonds is 1. The molecule has 0 saturated carbocycles. The van der Waals surface area contributed by atoms with Gasteiger partial charge < -0.3 is 14.0 Å². The SMILES string of the molecule is Cc1c(C)n(-c2cc3ccccc3[cH-]2)c2ccccc12.Cc1ccc[c-]1C.[F-].[F-].[Zr+4]. The van der Waals surface area contributed by atoms with Crippen molar-refractivity contribution in [1.82, 2.24) is 4.57 Å². The van der Waals surface area contributed by atoms with E-state index in [0.29, 0.717) is 0 Å². The summed E-state index contributed by atoms with van der Waals surface area (Å²) in [5.41, 5.74) is 8.01.